The van der Waals surface area contributed by atoms with E-state index < -0.39 is 9.84 Å². The largest absolute Gasteiger partial charge is 0.313 e. The second-order valence-corrected chi connectivity index (χ2v) is 7.62. The summed E-state index contributed by atoms with van der Waals surface area (Å²) >= 11 is 0. The second kappa shape index (κ2) is 6.71. The molecule has 0 aromatic carbocycles. The van der Waals surface area contributed by atoms with Crippen LogP contribution in [0.15, 0.2) is 0 Å². The number of piperidine rings is 1. The maximum Gasteiger partial charge on any atom is 0.151 e. The third-order valence-corrected chi connectivity index (χ3v) is 5.39. The van der Waals surface area contributed by atoms with Gasteiger partial charge in [0, 0.05) is 24.9 Å². The molecule has 0 amide bonds. The molecule has 0 saturated carbocycles. The van der Waals surface area contributed by atoms with Crippen LogP contribution in [0.1, 0.15) is 26.7 Å². The van der Waals surface area contributed by atoms with Gasteiger partial charge in [-0.2, -0.15) is 0 Å². The molecule has 2 unspecified atom stereocenters. The van der Waals surface area contributed by atoms with Crippen molar-refractivity contribution in [2.75, 3.05) is 38.2 Å². The molecule has 0 bridgehead atoms. The number of hydrogen-bond acceptors (Lipinski definition) is 4. The van der Waals surface area contributed by atoms with E-state index in [4.69, 9.17) is 0 Å². The third-order valence-electron chi connectivity index (χ3n) is 3.69. The fourth-order valence-electron chi connectivity index (χ4n) is 2.37. The molecule has 0 aliphatic carbocycles. The van der Waals surface area contributed by atoms with E-state index in [-0.39, 0.29) is 11.5 Å². The van der Waals surface area contributed by atoms with Gasteiger partial charge in [0.15, 0.2) is 9.84 Å². The van der Waals surface area contributed by atoms with Crippen LogP contribution in [0.4, 0.5) is 0 Å². The minimum Gasteiger partial charge on any atom is -0.313 e. The zero-order chi connectivity index (χ0) is 12.9. The standard InChI is InChI=1S/C12H26N2O2S/c1-4-17(15,16)9-7-13-11(2)12-6-5-8-14(3)10-12/h11-13H,4-10H2,1-3H3. The smallest absolute Gasteiger partial charge is 0.151 e. The summed E-state index contributed by atoms with van der Waals surface area (Å²) in [4.78, 5) is 2.36. The average molecular weight is 262 g/mol. The fourth-order valence-corrected chi connectivity index (χ4v) is 3.09. The molecule has 2 atom stereocenters. The minimum atomic E-state index is -2.83. The minimum absolute atomic E-state index is 0.245. The van der Waals surface area contributed by atoms with Crippen LogP contribution < -0.4 is 5.32 Å². The van der Waals surface area contributed by atoms with Gasteiger partial charge in [0.25, 0.3) is 0 Å². The predicted octanol–water partition coefficient (Wildman–Crippen LogP) is 0.741. The number of nitrogens with zero attached hydrogens (tertiary/aromatic N) is 1. The number of hydrogen-bond donors (Lipinski definition) is 1. The molecule has 1 aliphatic rings. The van der Waals surface area contributed by atoms with Crippen molar-refractivity contribution in [3.63, 3.8) is 0 Å². The first-order valence-electron chi connectivity index (χ1n) is 6.57. The summed E-state index contributed by atoms with van der Waals surface area (Å²) in [5, 5.41) is 3.36. The molecule has 1 N–H and O–H groups in total. The predicted molar refractivity (Wildman–Crippen MR) is 72.0 cm³/mol. The number of likely N-dealkylation sites (tertiary alicyclic amines) is 1. The maximum absolute atomic E-state index is 11.4. The van der Waals surface area contributed by atoms with Crippen molar-refractivity contribution < 1.29 is 8.42 Å². The molecular formula is C12H26N2O2S. The fraction of sp³-hybridized carbons (Fsp3) is 1.00. The monoisotopic (exact) mass is 262 g/mol. The highest BCUT2D eigenvalue weighted by Crippen LogP contribution is 2.18. The van der Waals surface area contributed by atoms with E-state index in [0.29, 0.717) is 18.5 Å². The van der Waals surface area contributed by atoms with E-state index >= 15 is 0 Å². The van der Waals surface area contributed by atoms with Crippen LogP contribution in [0, 0.1) is 5.92 Å². The molecule has 0 radical (unpaired) electrons. The summed E-state index contributed by atoms with van der Waals surface area (Å²) < 4.78 is 22.7. The number of sulfone groups is 1. The Balaban J connectivity index is 2.27. The average Bonchev–Trinajstić information content (AvgIpc) is 2.28. The van der Waals surface area contributed by atoms with Crippen LogP contribution in [0.25, 0.3) is 0 Å². The summed E-state index contributed by atoms with van der Waals surface area (Å²) in [6, 6.07) is 0.407. The van der Waals surface area contributed by atoms with Crippen molar-refractivity contribution in [3.05, 3.63) is 0 Å². The van der Waals surface area contributed by atoms with Gasteiger partial charge in [-0.25, -0.2) is 8.42 Å². The van der Waals surface area contributed by atoms with Gasteiger partial charge in [-0.15, -0.1) is 0 Å². The summed E-state index contributed by atoms with van der Waals surface area (Å²) in [6.45, 7) is 6.76. The third kappa shape index (κ3) is 5.36. The number of rotatable bonds is 6. The van der Waals surface area contributed by atoms with Gasteiger partial charge < -0.3 is 10.2 Å². The highest BCUT2D eigenvalue weighted by molar-refractivity contribution is 7.91. The van der Waals surface area contributed by atoms with Crippen LogP contribution in [-0.4, -0.2) is 57.5 Å². The van der Waals surface area contributed by atoms with Crippen LogP contribution in [0.3, 0.4) is 0 Å². The van der Waals surface area contributed by atoms with Crippen LogP contribution in [0.5, 0.6) is 0 Å². The summed E-state index contributed by atoms with van der Waals surface area (Å²) in [7, 11) is -0.676. The topological polar surface area (TPSA) is 49.4 Å². The SMILES string of the molecule is CCS(=O)(=O)CCNC(C)C1CCCN(C)C1. The van der Waals surface area contributed by atoms with E-state index in [2.05, 4.69) is 24.2 Å². The van der Waals surface area contributed by atoms with Crippen LogP contribution in [-0.2, 0) is 9.84 Å². The van der Waals surface area contributed by atoms with E-state index in [9.17, 15) is 8.42 Å². The Morgan fingerprint density at radius 1 is 1.47 bits per heavy atom. The van der Waals surface area contributed by atoms with Crippen molar-refractivity contribution in [1.82, 2.24) is 10.2 Å². The zero-order valence-corrected chi connectivity index (χ0v) is 12.1. The second-order valence-electron chi connectivity index (χ2n) is 5.14. The van der Waals surface area contributed by atoms with Gasteiger partial charge in [-0.3, -0.25) is 0 Å². The van der Waals surface area contributed by atoms with Gasteiger partial charge in [-0.1, -0.05) is 6.92 Å². The molecule has 1 fully saturated rings. The Bertz CT molecular complexity index is 316. The normalized spacial score (nSPS) is 24.8. The van der Waals surface area contributed by atoms with E-state index in [1.807, 2.05) is 0 Å². The van der Waals surface area contributed by atoms with Crippen molar-refractivity contribution in [2.45, 2.75) is 32.7 Å². The van der Waals surface area contributed by atoms with Crippen molar-refractivity contribution >= 4 is 9.84 Å². The molecule has 1 heterocycles. The molecule has 0 aromatic rings. The summed E-state index contributed by atoms with van der Waals surface area (Å²) in [6.07, 6.45) is 2.50. The van der Waals surface area contributed by atoms with Crippen LogP contribution in [0.2, 0.25) is 0 Å². The lowest BCUT2D eigenvalue weighted by Crippen LogP contribution is -2.44. The molecule has 4 nitrogen and oxygen atoms in total. The van der Waals surface area contributed by atoms with Gasteiger partial charge in [0.1, 0.15) is 0 Å². The van der Waals surface area contributed by atoms with Gasteiger partial charge in [0.05, 0.1) is 5.75 Å². The molecule has 0 spiro atoms. The van der Waals surface area contributed by atoms with Gasteiger partial charge >= 0.3 is 0 Å². The number of nitrogens with one attached hydrogen (secondary N) is 1. The highest BCUT2D eigenvalue weighted by atomic mass is 32.2. The Labute approximate surface area is 106 Å². The first-order chi connectivity index (χ1) is 7.94. The van der Waals surface area contributed by atoms with E-state index in [0.717, 1.165) is 6.54 Å². The molecule has 0 aromatic heterocycles. The lowest BCUT2D eigenvalue weighted by atomic mass is 9.92. The molecule has 1 rings (SSSR count). The van der Waals surface area contributed by atoms with E-state index in [1.165, 1.54) is 19.4 Å². The lowest BCUT2D eigenvalue weighted by molar-refractivity contribution is 0.180. The lowest BCUT2D eigenvalue weighted by Gasteiger charge is -2.34. The van der Waals surface area contributed by atoms with Crippen molar-refractivity contribution in [3.8, 4) is 0 Å². The molecule has 102 valence electrons. The quantitative estimate of drug-likeness (QED) is 0.767. The molecule has 17 heavy (non-hydrogen) atoms. The zero-order valence-electron chi connectivity index (χ0n) is 11.3. The Morgan fingerprint density at radius 3 is 2.76 bits per heavy atom. The molecular weight excluding hydrogens is 236 g/mol. The molecule has 5 heteroatoms. The van der Waals surface area contributed by atoms with Gasteiger partial charge in [-0.05, 0) is 39.3 Å². The summed E-state index contributed by atoms with van der Waals surface area (Å²) in [5.74, 6) is 1.16. The van der Waals surface area contributed by atoms with E-state index in [1.54, 1.807) is 6.92 Å². The first-order valence-corrected chi connectivity index (χ1v) is 8.39. The Hall–Kier alpha value is -0.130. The summed E-state index contributed by atoms with van der Waals surface area (Å²) in [5.41, 5.74) is 0. The van der Waals surface area contributed by atoms with Crippen molar-refractivity contribution in [2.24, 2.45) is 5.92 Å². The maximum atomic E-state index is 11.4. The first kappa shape index (κ1) is 14.9. The Morgan fingerprint density at radius 2 is 2.18 bits per heavy atom. The molecule has 1 saturated heterocycles. The van der Waals surface area contributed by atoms with Crippen LogP contribution >= 0.6 is 0 Å². The van der Waals surface area contributed by atoms with Gasteiger partial charge in [0.2, 0.25) is 0 Å². The highest BCUT2D eigenvalue weighted by Gasteiger charge is 2.22. The van der Waals surface area contributed by atoms with Crippen molar-refractivity contribution in [1.29, 1.82) is 0 Å². The Kier molecular flexibility index (Phi) is 5.89. The molecule has 1 aliphatic heterocycles.